The zero-order chi connectivity index (χ0) is 20.3. The third kappa shape index (κ3) is 4.50. The van der Waals surface area contributed by atoms with Crippen molar-refractivity contribution in [3.05, 3.63) is 23.8 Å². The second kappa shape index (κ2) is 8.27. The number of amides is 3. The Kier molecular flexibility index (Phi) is 5.99. The number of hydrogen-bond donors (Lipinski definition) is 3. The Bertz CT molecular complexity index is 893. The molecule has 0 unspecified atom stereocenters. The van der Waals surface area contributed by atoms with Crippen LogP contribution in [0.4, 0.5) is 5.69 Å². The van der Waals surface area contributed by atoms with Crippen LogP contribution in [0.5, 0.6) is 0 Å². The van der Waals surface area contributed by atoms with Crippen molar-refractivity contribution in [2.75, 3.05) is 25.5 Å². The first-order valence-corrected chi connectivity index (χ1v) is 10.7. The number of nitrogens with one attached hydrogen (secondary N) is 3. The number of sulfonamides is 1. The Hall–Kier alpha value is -2.46. The molecule has 0 radical (unpaired) electrons. The first kappa shape index (κ1) is 20.3. The summed E-state index contributed by atoms with van der Waals surface area (Å²) < 4.78 is 26.6. The summed E-state index contributed by atoms with van der Waals surface area (Å²) in [5.74, 6) is -1.28. The lowest BCUT2D eigenvalue weighted by Crippen LogP contribution is -2.43. The molecular weight excluding hydrogens is 384 g/mol. The van der Waals surface area contributed by atoms with Crippen LogP contribution in [0.25, 0.3) is 0 Å². The Morgan fingerprint density at radius 2 is 1.93 bits per heavy atom. The average molecular weight is 408 g/mol. The van der Waals surface area contributed by atoms with Gasteiger partial charge in [-0.1, -0.05) is 19.3 Å². The topological polar surface area (TPSA) is 125 Å². The normalized spacial score (nSPS) is 18.1. The molecule has 152 valence electrons. The molecule has 28 heavy (non-hydrogen) atoms. The zero-order valence-corrected chi connectivity index (χ0v) is 16.5. The summed E-state index contributed by atoms with van der Waals surface area (Å²) in [6.07, 6.45) is 5.11. The number of likely N-dealkylation sites (N-methyl/N-ethyl adjacent to an activating group) is 1. The van der Waals surface area contributed by atoms with E-state index in [1.54, 1.807) is 0 Å². The van der Waals surface area contributed by atoms with Crippen molar-refractivity contribution in [2.45, 2.75) is 43.0 Å². The van der Waals surface area contributed by atoms with E-state index in [2.05, 4.69) is 16.0 Å². The van der Waals surface area contributed by atoms with E-state index in [9.17, 15) is 22.8 Å². The number of fused-ring (bicyclic) bond motifs is 1. The van der Waals surface area contributed by atoms with Crippen LogP contribution in [-0.2, 0) is 19.6 Å². The average Bonchev–Trinajstić information content (AvgIpc) is 2.80. The molecule has 1 aliphatic heterocycles. The van der Waals surface area contributed by atoms with E-state index < -0.39 is 15.9 Å². The molecular formula is C18H24N4O5S. The fourth-order valence-electron chi connectivity index (χ4n) is 3.42. The minimum Gasteiger partial charge on any atom is -0.352 e. The fraction of sp³-hybridized carbons (Fsp3) is 0.500. The molecule has 1 heterocycles. The van der Waals surface area contributed by atoms with Gasteiger partial charge < -0.3 is 16.0 Å². The predicted molar refractivity (Wildman–Crippen MR) is 102 cm³/mol. The number of anilines is 1. The highest BCUT2D eigenvalue weighted by molar-refractivity contribution is 7.89. The van der Waals surface area contributed by atoms with Gasteiger partial charge in [-0.3, -0.25) is 14.4 Å². The Morgan fingerprint density at radius 1 is 1.21 bits per heavy atom. The van der Waals surface area contributed by atoms with Crippen LogP contribution in [0.1, 0.15) is 42.5 Å². The van der Waals surface area contributed by atoms with Crippen LogP contribution in [-0.4, -0.2) is 56.6 Å². The Balaban J connectivity index is 1.73. The van der Waals surface area contributed by atoms with Gasteiger partial charge in [0.15, 0.2) is 0 Å². The van der Waals surface area contributed by atoms with Crippen LogP contribution < -0.4 is 16.0 Å². The molecule has 2 aliphatic rings. The number of hydrogen-bond acceptors (Lipinski definition) is 5. The Labute approximate surface area is 163 Å². The van der Waals surface area contributed by atoms with E-state index in [-0.39, 0.29) is 47.1 Å². The summed E-state index contributed by atoms with van der Waals surface area (Å²) in [5, 5.41) is 7.84. The van der Waals surface area contributed by atoms with Crippen molar-refractivity contribution in [3.8, 4) is 0 Å². The minimum absolute atomic E-state index is 0.0620. The first-order valence-electron chi connectivity index (χ1n) is 9.25. The highest BCUT2D eigenvalue weighted by Crippen LogP contribution is 2.24. The van der Waals surface area contributed by atoms with Gasteiger partial charge in [0, 0.05) is 13.1 Å². The van der Waals surface area contributed by atoms with E-state index in [1.807, 2.05) is 0 Å². The van der Waals surface area contributed by atoms with Gasteiger partial charge in [0.05, 0.1) is 29.2 Å². The second-order valence-electron chi connectivity index (χ2n) is 7.10. The largest absolute Gasteiger partial charge is 0.352 e. The van der Waals surface area contributed by atoms with Crippen molar-refractivity contribution in [1.29, 1.82) is 0 Å². The molecule has 0 bridgehead atoms. The molecule has 0 atom stereocenters. The molecule has 3 rings (SSSR count). The fourth-order valence-corrected chi connectivity index (χ4v) is 4.57. The van der Waals surface area contributed by atoms with Gasteiger partial charge in [-0.2, -0.15) is 4.31 Å². The standard InChI is InChI=1S/C18H24N4O5S/c1-22(11-17(24)20-12-5-3-2-4-6-12)28(26,27)13-7-8-15-14(9-13)18(25)19-10-16(23)21-15/h7-9,12H,2-6,10-11H2,1H3,(H,19,25)(H,20,24)(H,21,23). The molecule has 3 N–H and O–H groups in total. The first-order chi connectivity index (χ1) is 13.3. The predicted octanol–water partition coefficient (Wildman–Crippen LogP) is 0.438. The number of rotatable bonds is 5. The molecule has 0 aromatic heterocycles. The Morgan fingerprint density at radius 3 is 2.64 bits per heavy atom. The molecule has 9 nitrogen and oxygen atoms in total. The zero-order valence-electron chi connectivity index (χ0n) is 15.7. The van der Waals surface area contributed by atoms with Crippen molar-refractivity contribution < 1.29 is 22.8 Å². The van der Waals surface area contributed by atoms with E-state index in [0.29, 0.717) is 0 Å². The maximum absolute atomic E-state index is 12.8. The van der Waals surface area contributed by atoms with Crippen molar-refractivity contribution in [1.82, 2.24) is 14.9 Å². The number of benzene rings is 1. The quantitative estimate of drug-likeness (QED) is 0.652. The number of carbonyl (C=O) groups is 3. The van der Waals surface area contributed by atoms with Gasteiger partial charge in [0.1, 0.15) is 0 Å². The van der Waals surface area contributed by atoms with Gasteiger partial charge in [0.25, 0.3) is 5.91 Å². The van der Waals surface area contributed by atoms with Gasteiger partial charge in [0.2, 0.25) is 21.8 Å². The summed E-state index contributed by atoms with van der Waals surface area (Å²) in [6, 6.07) is 3.99. The minimum atomic E-state index is -3.98. The second-order valence-corrected chi connectivity index (χ2v) is 9.15. The maximum atomic E-state index is 12.8. The summed E-state index contributed by atoms with van der Waals surface area (Å²) in [7, 11) is -2.65. The number of carbonyl (C=O) groups excluding carboxylic acids is 3. The SMILES string of the molecule is CN(CC(=O)NC1CCCCC1)S(=O)(=O)c1ccc2c(c1)C(=O)NCC(=O)N2. The highest BCUT2D eigenvalue weighted by Gasteiger charge is 2.27. The molecule has 1 aromatic rings. The van der Waals surface area contributed by atoms with E-state index >= 15 is 0 Å². The number of nitrogens with zero attached hydrogens (tertiary/aromatic N) is 1. The summed E-state index contributed by atoms with van der Waals surface area (Å²) in [4.78, 5) is 35.8. The van der Waals surface area contributed by atoms with E-state index in [1.165, 1.54) is 25.2 Å². The summed E-state index contributed by atoms with van der Waals surface area (Å²) >= 11 is 0. The molecule has 0 saturated heterocycles. The van der Waals surface area contributed by atoms with E-state index in [0.717, 1.165) is 36.4 Å². The van der Waals surface area contributed by atoms with Gasteiger partial charge >= 0.3 is 0 Å². The lowest BCUT2D eigenvalue weighted by atomic mass is 9.95. The van der Waals surface area contributed by atoms with Gasteiger partial charge in [-0.15, -0.1) is 0 Å². The molecule has 3 amide bonds. The third-order valence-corrected chi connectivity index (χ3v) is 6.76. The maximum Gasteiger partial charge on any atom is 0.253 e. The van der Waals surface area contributed by atoms with Crippen LogP contribution >= 0.6 is 0 Å². The smallest absolute Gasteiger partial charge is 0.253 e. The van der Waals surface area contributed by atoms with Crippen LogP contribution in [0.3, 0.4) is 0 Å². The monoisotopic (exact) mass is 408 g/mol. The van der Waals surface area contributed by atoms with Crippen LogP contribution in [0, 0.1) is 0 Å². The molecule has 1 fully saturated rings. The molecule has 1 aromatic carbocycles. The van der Waals surface area contributed by atoms with Gasteiger partial charge in [-0.25, -0.2) is 8.42 Å². The van der Waals surface area contributed by atoms with Crippen molar-refractivity contribution >= 4 is 33.4 Å². The van der Waals surface area contributed by atoms with Crippen LogP contribution in [0.15, 0.2) is 23.1 Å². The lowest BCUT2D eigenvalue weighted by Gasteiger charge is -2.24. The van der Waals surface area contributed by atoms with Crippen LogP contribution in [0.2, 0.25) is 0 Å². The molecule has 1 aliphatic carbocycles. The van der Waals surface area contributed by atoms with Crippen molar-refractivity contribution in [3.63, 3.8) is 0 Å². The highest BCUT2D eigenvalue weighted by atomic mass is 32.2. The third-order valence-electron chi connectivity index (χ3n) is 4.96. The summed E-state index contributed by atoms with van der Waals surface area (Å²) in [6.45, 7) is -0.490. The molecule has 1 saturated carbocycles. The molecule has 0 spiro atoms. The van der Waals surface area contributed by atoms with Crippen molar-refractivity contribution in [2.24, 2.45) is 0 Å². The lowest BCUT2D eigenvalue weighted by molar-refractivity contribution is -0.122. The molecule has 10 heteroatoms. The van der Waals surface area contributed by atoms with Gasteiger partial charge in [-0.05, 0) is 31.0 Å². The summed E-state index contributed by atoms with van der Waals surface area (Å²) in [5.41, 5.74) is 0.309. The van der Waals surface area contributed by atoms with E-state index in [4.69, 9.17) is 0 Å².